The van der Waals surface area contributed by atoms with Crippen LogP contribution in [0.4, 0.5) is 0 Å². The fourth-order valence-corrected chi connectivity index (χ4v) is 1.86. The molecule has 1 aromatic carbocycles. The zero-order valence-electron chi connectivity index (χ0n) is 10.8. The molecule has 0 saturated heterocycles. The summed E-state index contributed by atoms with van der Waals surface area (Å²) in [7, 11) is 0. The maximum Gasteiger partial charge on any atom is 0.201 e. The van der Waals surface area contributed by atoms with Crippen molar-refractivity contribution in [3.8, 4) is 0 Å². The van der Waals surface area contributed by atoms with E-state index < -0.39 is 0 Å². The number of Topliss-reactive ketones (excluding diaryl/α,β-unsaturated/α-hetero) is 1. The van der Waals surface area contributed by atoms with Crippen molar-refractivity contribution < 1.29 is 9.21 Å². The molecule has 90 valence electrons. The number of furan rings is 1. The van der Waals surface area contributed by atoms with Crippen LogP contribution in [-0.2, 0) is 0 Å². The molecular formula is C15H18O2. The second kappa shape index (κ2) is 4.36. The van der Waals surface area contributed by atoms with Crippen LogP contribution in [-0.4, -0.2) is 5.78 Å². The summed E-state index contributed by atoms with van der Waals surface area (Å²) in [5.74, 6) is 0.902. The lowest BCUT2D eigenvalue weighted by atomic mass is 9.92. The molecule has 0 bridgehead atoms. The van der Waals surface area contributed by atoms with E-state index in [1.54, 1.807) is 0 Å². The van der Waals surface area contributed by atoms with Crippen LogP contribution in [0.5, 0.6) is 0 Å². The lowest BCUT2D eigenvalue weighted by Crippen LogP contribution is -2.16. The lowest BCUT2D eigenvalue weighted by molar-refractivity contribution is 0.0873. The summed E-state index contributed by atoms with van der Waals surface area (Å²) in [4.78, 5) is 12.2. The number of aryl methyl sites for hydroxylation is 1. The highest BCUT2D eigenvalue weighted by molar-refractivity contribution is 5.99. The van der Waals surface area contributed by atoms with Gasteiger partial charge in [0.1, 0.15) is 5.58 Å². The van der Waals surface area contributed by atoms with Gasteiger partial charge in [-0.2, -0.15) is 0 Å². The van der Waals surface area contributed by atoms with Crippen LogP contribution in [0.3, 0.4) is 0 Å². The third-order valence-electron chi connectivity index (χ3n) is 3.40. The summed E-state index contributed by atoms with van der Waals surface area (Å²) in [5, 5.41) is 1.00. The summed E-state index contributed by atoms with van der Waals surface area (Å²) in [6, 6.07) is 7.80. The van der Waals surface area contributed by atoms with E-state index in [1.807, 2.05) is 38.1 Å². The topological polar surface area (TPSA) is 30.2 Å². The van der Waals surface area contributed by atoms with E-state index in [4.69, 9.17) is 4.42 Å². The lowest BCUT2D eigenvalue weighted by Gasteiger charge is -2.11. The molecule has 1 heterocycles. The monoisotopic (exact) mass is 230 g/mol. The second-order valence-corrected chi connectivity index (χ2v) is 5.00. The number of hydrogen-bond acceptors (Lipinski definition) is 2. The third-order valence-corrected chi connectivity index (χ3v) is 3.40. The average Bonchev–Trinajstić information content (AvgIpc) is 2.72. The predicted molar refractivity (Wildman–Crippen MR) is 69.3 cm³/mol. The van der Waals surface area contributed by atoms with Gasteiger partial charge in [-0.1, -0.05) is 39.0 Å². The standard InChI is InChI=1S/C15H18O2/c1-9(2)11(4)14(16)13-8-12-7-5-6-10(3)15(12)17-13/h5-9,11H,1-4H3. The molecule has 0 N–H and O–H groups in total. The van der Waals surface area contributed by atoms with Gasteiger partial charge in [0, 0.05) is 11.3 Å². The molecule has 0 amide bonds. The normalized spacial score (nSPS) is 13.2. The number of carbonyl (C=O) groups excluding carboxylic acids is 1. The van der Waals surface area contributed by atoms with E-state index in [0.29, 0.717) is 11.7 Å². The van der Waals surface area contributed by atoms with E-state index in [-0.39, 0.29) is 11.7 Å². The SMILES string of the molecule is Cc1cccc2cc(C(=O)C(C)C(C)C)oc12. The van der Waals surface area contributed by atoms with Crippen molar-refractivity contribution in [1.29, 1.82) is 0 Å². The highest BCUT2D eigenvalue weighted by atomic mass is 16.3. The predicted octanol–water partition coefficient (Wildman–Crippen LogP) is 4.22. The average molecular weight is 230 g/mol. The molecule has 0 radical (unpaired) electrons. The van der Waals surface area contributed by atoms with Crippen LogP contribution in [0.15, 0.2) is 28.7 Å². The van der Waals surface area contributed by atoms with E-state index in [9.17, 15) is 4.79 Å². The molecule has 1 aromatic heterocycles. The Hall–Kier alpha value is -1.57. The smallest absolute Gasteiger partial charge is 0.201 e. The van der Waals surface area contributed by atoms with Gasteiger partial charge in [0.2, 0.25) is 5.78 Å². The number of carbonyl (C=O) groups is 1. The van der Waals surface area contributed by atoms with Gasteiger partial charge >= 0.3 is 0 Å². The van der Waals surface area contributed by atoms with E-state index in [0.717, 1.165) is 16.5 Å². The van der Waals surface area contributed by atoms with Crippen LogP contribution < -0.4 is 0 Å². The van der Waals surface area contributed by atoms with Crippen LogP contribution in [0.25, 0.3) is 11.0 Å². The first-order valence-electron chi connectivity index (χ1n) is 6.04. The molecule has 0 saturated carbocycles. The Bertz CT molecular complexity index is 549. The Morgan fingerprint density at radius 1 is 1.24 bits per heavy atom. The van der Waals surface area contributed by atoms with Crippen molar-refractivity contribution in [1.82, 2.24) is 0 Å². The zero-order chi connectivity index (χ0) is 12.6. The van der Waals surface area contributed by atoms with Crippen LogP contribution >= 0.6 is 0 Å². The molecule has 0 aliphatic carbocycles. The molecule has 1 atom stereocenters. The van der Waals surface area contributed by atoms with Gasteiger partial charge in [0.15, 0.2) is 5.76 Å². The van der Waals surface area contributed by atoms with Gasteiger partial charge in [0.05, 0.1) is 0 Å². The zero-order valence-corrected chi connectivity index (χ0v) is 10.8. The molecule has 1 unspecified atom stereocenters. The number of benzene rings is 1. The Morgan fingerprint density at radius 3 is 2.53 bits per heavy atom. The van der Waals surface area contributed by atoms with Gasteiger partial charge in [-0.05, 0) is 24.5 Å². The largest absolute Gasteiger partial charge is 0.453 e. The molecule has 17 heavy (non-hydrogen) atoms. The van der Waals surface area contributed by atoms with E-state index >= 15 is 0 Å². The number of hydrogen-bond donors (Lipinski definition) is 0. The quantitative estimate of drug-likeness (QED) is 0.739. The minimum Gasteiger partial charge on any atom is -0.453 e. The van der Waals surface area contributed by atoms with E-state index in [1.165, 1.54) is 0 Å². The number of rotatable bonds is 3. The van der Waals surface area contributed by atoms with Crippen LogP contribution in [0.2, 0.25) is 0 Å². The van der Waals surface area contributed by atoms with Gasteiger partial charge < -0.3 is 4.42 Å². The summed E-state index contributed by atoms with van der Waals surface area (Å²) < 4.78 is 5.68. The first-order chi connectivity index (χ1) is 8.00. The maximum atomic E-state index is 12.2. The molecule has 0 aliphatic heterocycles. The van der Waals surface area contributed by atoms with Gasteiger partial charge in [-0.25, -0.2) is 0 Å². The van der Waals surface area contributed by atoms with Crippen molar-refractivity contribution in [3.63, 3.8) is 0 Å². The van der Waals surface area contributed by atoms with Crippen LogP contribution in [0.1, 0.15) is 36.9 Å². The van der Waals surface area contributed by atoms with Crippen LogP contribution in [0, 0.1) is 18.8 Å². The molecule has 0 aliphatic rings. The fraction of sp³-hybridized carbons (Fsp3) is 0.400. The first kappa shape index (κ1) is 11.9. The van der Waals surface area contributed by atoms with Gasteiger partial charge in [-0.15, -0.1) is 0 Å². The number of fused-ring (bicyclic) bond motifs is 1. The summed E-state index contributed by atoms with van der Waals surface area (Å²) in [5.41, 5.74) is 1.89. The fourth-order valence-electron chi connectivity index (χ4n) is 1.86. The molecule has 2 aromatic rings. The maximum absolute atomic E-state index is 12.2. The number of ketones is 1. The summed E-state index contributed by atoms with van der Waals surface area (Å²) >= 11 is 0. The third kappa shape index (κ3) is 2.12. The van der Waals surface area contributed by atoms with Crippen molar-refractivity contribution in [2.45, 2.75) is 27.7 Å². The van der Waals surface area contributed by atoms with Crippen molar-refractivity contribution >= 4 is 16.8 Å². The second-order valence-electron chi connectivity index (χ2n) is 5.00. The molecule has 2 heteroatoms. The highest BCUT2D eigenvalue weighted by Gasteiger charge is 2.22. The Morgan fingerprint density at radius 2 is 1.94 bits per heavy atom. The molecule has 0 fully saturated rings. The van der Waals surface area contributed by atoms with Crippen molar-refractivity contribution in [2.24, 2.45) is 11.8 Å². The molecule has 2 nitrogen and oxygen atoms in total. The number of para-hydroxylation sites is 1. The molecule has 0 spiro atoms. The van der Waals surface area contributed by atoms with Crippen molar-refractivity contribution in [3.05, 3.63) is 35.6 Å². The van der Waals surface area contributed by atoms with Crippen molar-refractivity contribution in [2.75, 3.05) is 0 Å². The molecular weight excluding hydrogens is 212 g/mol. The summed E-state index contributed by atoms with van der Waals surface area (Å²) in [6.07, 6.45) is 0. The van der Waals surface area contributed by atoms with E-state index in [2.05, 4.69) is 13.8 Å². The van der Waals surface area contributed by atoms with Gasteiger partial charge in [-0.3, -0.25) is 4.79 Å². The summed E-state index contributed by atoms with van der Waals surface area (Å²) in [6.45, 7) is 8.05. The first-order valence-corrected chi connectivity index (χ1v) is 6.04. The Balaban J connectivity index is 2.44. The van der Waals surface area contributed by atoms with Gasteiger partial charge in [0.25, 0.3) is 0 Å². The molecule has 2 rings (SSSR count). The minimum atomic E-state index is -0.00383. The highest BCUT2D eigenvalue weighted by Crippen LogP contribution is 2.25. The minimum absolute atomic E-state index is 0.00383. The Kier molecular flexibility index (Phi) is 3.05. The Labute approximate surface area is 102 Å².